The van der Waals surface area contributed by atoms with E-state index in [1.165, 1.54) is 16.9 Å². The number of carbonyl (C=O) groups excluding carboxylic acids is 1. The summed E-state index contributed by atoms with van der Waals surface area (Å²) in [5.41, 5.74) is 2.07. The van der Waals surface area contributed by atoms with Crippen LogP contribution in [0.4, 0.5) is 0 Å². The van der Waals surface area contributed by atoms with Crippen LogP contribution in [0.2, 0.25) is 0 Å². The van der Waals surface area contributed by atoms with Gasteiger partial charge in [-0.1, -0.05) is 25.1 Å². The summed E-state index contributed by atoms with van der Waals surface area (Å²) in [6, 6.07) is 0. The van der Waals surface area contributed by atoms with Gasteiger partial charge in [0.05, 0.1) is 12.1 Å². The molecule has 4 heteroatoms. The summed E-state index contributed by atoms with van der Waals surface area (Å²) < 4.78 is 0. The quantitative estimate of drug-likeness (QED) is 0.896. The highest BCUT2D eigenvalue weighted by Gasteiger charge is 2.22. The van der Waals surface area contributed by atoms with Crippen molar-refractivity contribution in [1.29, 1.82) is 0 Å². The monoisotopic (exact) mass is 269 g/mol. The fourth-order valence-electron chi connectivity index (χ4n) is 2.14. The zero-order valence-electron chi connectivity index (χ0n) is 9.88. The van der Waals surface area contributed by atoms with Crippen molar-refractivity contribution in [1.82, 2.24) is 5.32 Å². The maximum atomic E-state index is 12.0. The van der Waals surface area contributed by atoms with E-state index in [1.54, 1.807) is 11.3 Å². The minimum Gasteiger partial charge on any atom is -0.347 e. The summed E-state index contributed by atoms with van der Waals surface area (Å²) in [7, 11) is 0. The molecule has 17 heavy (non-hydrogen) atoms. The van der Waals surface area contributed by atoms with Gasteiger partial charge in [-0.3, -0.25) is 4.79 Å². The van der Waals surface area contributed by atoms with Crippen molar-refractivity contribution in [3.8, 4) is 0 Å². The number of rotatable bonds is 3. The van der Waals surface area contributed by atoms with Crippen LogP contribution in [0, 0.1) is 5.92 Å². The lowest BCUT2D eigenvalue weighted by atomic mass is 9.88. The molecule has 1 unspecified atom stereocenters. The standard InChI is InChI=1S/C13H16ClNOS/c1-8-3-4-10-11(7-17-12(10)5-8)13(16)15-6-9(2)14/h7-8H,2-6H2,1H3,(H,15,16). The highest BCUT2D eigenvalue weighted by molar-refractivity contribution is 7.10. The molecule has 0 saturated carbocycles. The lowest BCUT2D eigenvalue weighted by molar-refractivity contribution is 0.0957. The van der Waals surface area contributed by atoms with E-state index in [2.05, 4.69) is 18.8 Å². The average molecular weight is 270 g/mol. The van der Waals surface area contributed by atoms with Crippen LogP contribution < -0.4 is 5.32 Å². The van der Waals surface area contributed by atoms with Gasteiger partial charge in [0.2, 0.25) is 0 Å². The summed E-state index contributed by atoms with van der Waals surface area (Å²) >= 11 is 7.34. The van der Waals surface area contributed by atoms with E-state index in [0.717, 1.165) is 24.3 Å². The fourth-order valence-corrected chi connectivity index (χ4v) is 3.45. The Kier molecular flexibility index (Phi) is 3.89. The topological polar surface area (TPSA) is 29.1 Å². The zero-order chi connectivity index (χ0) is 12.4. The molecule has 1 aromatic heterocycles. The highest BCUT2D eigenvalue weighted by atomic mass is 35.5. The number of carbonyl (C=O) groups is 1. The van der Waals surface area contributed by atoms with Crippen LogP contribution in [0.1, 0.15) is 34.1 Å². The van der Waals surface area contributed by atoms with E-state index in [4.69, 9.17) is 11.6 Å². The number of hydrogen-bond acceptors (Lipinski definition) is 2. The molecule has 1 aromatic rings. The van der Waals surface area contributed by atoms with Crippen molar-refractivity contribution in [2.24, 2.45) is 5.92 Å². The Bertz CT molecular complexity index is 452. The molecule has 1 heterocycles. The molecular formula is C13H16ClNOS. The molecular weight excluding hydrogens is 254 g/mol. The van der Waals surface area contributed by atoms with Crippen LogP contribution in [0.3, 0.4) is 0 Å². The SMILES string of the molecule is C=C(Cl)CNC(=O)c1csc2c1CCC(C)C2. The van der Waals surface area contributed by atoms with Crippen LogP contribution in [0.25, 0.3) is 0 Å². The van der Waals surface area contributed by atoms with Gasteiger partial charge in [-0.15, -0.1) is 11.3 Å². The van der Waals surface area contributed by atoms with Gasteiger partial charge in [0.25, 0.3) is 5.91 Å². The summed E-state index contributed by atoms with van der Waals surface area (Å²) in [6.45, 7) is 6.16. The Labute approximate surface area is 111 Å². The number of thiophene rings is 1. The van der Waals surface area contributed by atoms with Crippen molar-refractivity contribution in [3.05, 3.63) is 33.0 Å². The third-order valence-corrected chi connectivity index (χ3v) is 4.27. The Morgan fingerprint density at radius 2 is 2.47 bits per heavy atom. The third-order valence-electron chi connectivity index (χ3n) is 3.09. The van der Waals surface area contributed by atoms with E-state index in [-0.39, 0.29) is 5.91 Å². The second-order valence-electron chi connectivity index (χ2n) is 4.60. The molecule has 0 saturated heterocycles. The number of hydrogen-bond donors (Lipinski definition) is 1. The number of amides is 1. The Morgan fingerprint density at radius 3 is 3.18 bits per heavy atom. The summed E-state index contributed by atoms with van der Waals surface area (Å²) in [6.07, 6.45) is 3.30. The first-order valence-electron chi connectivity index (χ1n) is 5.78. The minimum absolute atomic E-state index is 0.0288. The molecule has 0 aliphatic heterocycles. The van der Waals surface area contributed by atoms with Crippen molar-refractivity contribution in [2.75, 3.05) is 6.54 Å². The normalized spacial score (nSPS) is 18.6. The molecule has 1 atom stereocenters. The van der Waals surface area contributed by atoms with E-state index >= 15 is 0 Å². The van der Waals surface area contributed by atoms with Crippen molar-refractivity contribution < 1.29 is 4.79 Å². The molecule has 0 fully saturated rings. The first-order chi connectivity index (χ1) is 8.08. The van der Waals surface area contributed by atoms with Gasteiger partial charge in [-0.2, -0.15) is 0 Å². The number of nitrogens with one attached hydrogen (secondary N) is 1. The lowest BCUT2D eigenvalue weighted by Crippen LogP contribution is -2.25. The molecule has 0 spiro atoms. The Balaban J connectivity index is 2.12. The predicted molar refractivity (Wildman–Crippen MR) is 72.8 cm³/mol. The van der Waals surface area contributed by atoms with Gasteiger partial charge in [-0.25, -0.2) is 0 Å². The number of halogens is 1. The molecule has 1 amide bonds. The van der Waals surface area contributed by atoms with Gasteiger partial charge < -0.3 is 5.32 Å². The number of fused-ring (bicyclic) bond motifs is 1. The lowest BCUT2D eigenvalue weighted by Gasteiger charge is -2.18. The fraction of sp³-hybridized carbons (Fsp3) is 0.462. The maximum absolute atomic E-state index is 12.0. The van der Waals surface area contributed by atoms with Crippen LogP contribution in [0.5, 0.6) is 0 Å². The van der Waals surface area contributed by atoms with E-state index in [9.17, 15) is 4.79 Å². The van der Waals surface area contributed by atoms with Gasteiger partial charge >= 0.3 is 0 Å². The van der Waals surface area contributed by atoms with Crippen LogP contribution in [0.15, 0.2) is 17.0 Å². The largest absolute Gasteiger partial charge is 0.347 e. The highest BCUT2D eigenvalue weighted by Crippen LogP contribution is 2.32. The maximum Gasteiger partial charge on any atom is 0.252 e. The molecule has 0 radical (unpaired) electrons. The van der Waals surface area contributed by atoms with E-state index < -0.39 is 0 Å². The summed E-state index contributed by atoms with van der Waals surface area (Å²) in [5.74, 6) is 0.707. The van der Waals surface area contributed by atoms with Crippen molar-refractivity contribution in [2.45, 2.75) is 26.2 Å². The second-order valence-corrected chi connectivity index (χ2v) is 6.10. The van der Waals surface area contributed by atoms with E-state index in [1.807, 2.05) is 5.38 Å². The molecule has 1 aliphatic rings. The van der Waals surface area contributed by atoms with Gasteiger partial charge in [0, 0.05) is 15.3 Å². The zero-order valence-corrected chi connectivity index (χ0v) is 11.5. The average Bonchev–Trinajstić information content (AvgIpc) is 2.68. The second kappa shape index (κ2) is 5.23. The molecule has 92 valence electrons. The van der Waals surface area contributed by atoms with Crippen molar-refractivity contribution in [3.63, 3.8) is 0 Å². The third kappa shape index (κ3) is 2.90. The molecule has 1 aliphatic carbocycles. The molecule has 2 rings (SSSR count). The molecule has 0 bridgehead atoms. The first kappa shape index (κ1) is 12.7. The van der Waals surface area contributed by atoms with Crippen LogP contribution in [-0.2, 0) is 12.8 Å². The van der Waals surface area contributed by atoms with E-state index in [0.29, 0.717) is 11.6 Å². The van der Waals surface area contributed by atoms with Gasteiger partial charge in [0.1, 0.15) is 0 Å². The van der Waals surface area contributed by atoms with Gasteiger partial charge in [0.15, 0.2) is 0 Å². The predicted octanol–water partition coefficient (Wildman–Crippen LogP) is 3.36. The smallest absolute Gasteiger partial charge is 0.252 e. The minimum atomic E-state index is -0.0288. The van der Waals surface area contributed by atoms with Crippen molar-refractivity contribution >= 4 is 28.8 Å². The van der Waals surface area contributed by atoms with Gasteiger partial charge in [-0.05, 0) is 30.7 Å². The van der Waals surface area contributed by atoms with Crippen LogP contribution in [-0.4, -0.2) is 12.5 Å². The Morgan fingerprint density at radius 1 is 1.71 bits per heavy atom. The Hall–Kier alpha value is -0.800. The molecule has 1 N–H and O–H groups in total. The summed E-state index contributed by atoms with van der Waals surface area (Å²) in [5, 5.41) is 5.20. The van der Waals surface area contributed by atoms with Crippen LogP contribution >= 0.6 is 22.9 Å². The summed E-state index contributed by atoms with van der Waals surface area (Å²) in [4.78, 5) is 13.3. The first-order valence-corrected chi connectivity index (χ1v) is 7.04. The molecule has 2 nitrogen and oxygen atoms in total. The molecule has 0 aromatic carbocycles.